The number of amides is 2. The molecular formula is C16H22BrN3O3. The monoisotopic (exact) mass is 383 g/mol. The highest BCUT2D eigenvalue weighted by atomic mass is 79.9. The maximum Gasteiger partial charge on any atom is 0.241 e. The third kappa shape index (κ3) is 5.30. The van der Waals surface area contributed by atoms with E-state index in [1.165, 1.54) is 0 Å². The molecule has 1 saturated heterocycles. The summed E-state index contributed by atoms with van der Waals surface area (Å²) in [5.74, 6) is -0.108. The fraction of sp³-hybridized carbons (Fsp3) is 0.500. The topological polar surface area (TPSA) is 61.9 Å². The SMILES string of the molecule is C[C@H](C(=O)Nc1ccc(Br)cc1)N(C)CC(=O)N1CCOCC1. The van der Waals surface area contributed by atoms with E-state index in [0.29, 0.717) is 26.3 Å². The van der Waals surface area contributed by atoms with Crippen LogP contribution in [0.15, 0.2) is 28.7 Å². The van der Waals surface area contributed by atoms with Gasteiger partial charge in [0.05, 0.1) is 25.8 Å². The molecule has 2 rings (SSSR count). The largest absolute Gasteiger partial charge is 0.378 e. The highest BCUT2D eigenvalue weighted by molar-refractivity contribution is 9.10. The number of ether oxygens (including phenoxy) is 1. The first-order chi connectivity index (χ1) is 11.0. The third-order valence-corrected chi connectivity index (χ3v) is 4.43. The maximum atomic E-state index is 12.3. The zero-order valence-corrected chi connectivity index (χ0v) is 15.0. The molecule has 0 aliphatic carbocycles. The van der Waals surface area contributed by atoms with E-state index in [9.17, 15) is 9.59 Å². The summed E-state index contributed by atoms with van der Waals surface area (Å²) >= 11 is 3.36. The summed E-state index contributed by atoms with van der Waals surface area (Å²) in [6.07, 6.45) is 0. The molecule has 0 bridgehead atoms. The lowest BCUT2D eigenvalue weighted by molar-refractivity contribution is -0.137. The van der Waals surface area contributed by atoms with Crippen molar-refractivity contribution in [3.8, 4) is 0 Å². The van der Waals surface area contributed by atoms with Crippen LogP contribution in [-0.2, 0) is 14.3 Å². The van der Waals surface area contributed by atoms with Gasteiger partial charge in [-0.2, -0.15) is 0 Å². The lowest BCUT2D eigenvalue weighted by Gasteiger charge is -2.30. The predicted molar refractivity (Wildman–Crippen MR) is 92.3 cm³/mol. The first kappa shape index (κ1) is 17.9. The van der Waals surface area contributed by atoms with Crippen molar-refractivity contribution in [2.45, 2.75) is 13.0 Å². The Morgan fingerprint density at radius 2 is 1.91 bits per heavy atom. The van der Waals surface area contributed by atoms with E-state index in [1.807, 2.05) is 24.3 Å². The Labute approximate surface area is 144 Å². The Morgan fingerprint density at radius 1 is 1.30 bits per heavy atom. The number of halogens is 1. The summed E-state index contributed by atoms with van der Waals surface area (Å²) in [5.41, 5.74) is 0.734. The molecule has 0 saturated carbocycles. The summed E-state index contributed by atoms with van der Waals surface area (Å²) in [5, 5.41) is 2.86. The van der Waals surface area contributed by atoms with Gasteiger partial charge in [0, 0.05) is 23.2 Å². The molecule has 0 radical (unpaired) electrons. The second-order valence-corrected chi connectivity index (χ2v) is 6.50. The van der Waals surface area contributed by atoms with E-state index >= 15 is 0 Å². The van der Waals surface area contributed by atoms with E-state index in [0.717, 1.165) is 10.2 Å². The summed E-state index contributed by atoms with van der Waals surface area (Å²) in [6, 6.07) is 6.99. The summed E-state index contributed by atoms with van der Waals surface area (Å²) < 4.78 is 6.20. The van der Waals surface area contributed by atoms with Crippen LogP contribution in [0.25, 0.3) is 0 Å². The second-order valence-electron chi connectivity index (χ2n) is 5.58. The van der Waals surface area contributed by atoms with E-state index in [2.05, 4.69) is 21.2 Å². The molecule has 0 spiro atoms. The van der Waals surface area contributed by atoms with E-state index in [-0.39, 0.29) is 18.4 Å². The van der Waals surface area contributed by atoms with Crippen LogP contribution >= 0.6 is 15.9 Å². The molecule has 2 amide bonds. The molecule has 1 aromatic carbocycles. The van der Waals surface area contributed by atoms with Crippen LogP contribution in [0.5, 0.6) is 0 Å². The van der Waals surface area contributed by atoms with Gasteiger partial charge in [-0.15, -0.1) is 0 Å². The standard InChI is InChI=1S/C16H22BrN3O3/c1-12(16(22)18-14-5-3-13(17)4-6-14)19(2)11-15(21)20-7-9-23-10-8-20/h3-6,12H,7-11H2,1-2H3,(H,18,22)/t12-/m1/s1. The number of rotatable bonds is 5. The minimum atomic E-state index is -0.399. The molecule has 6 nitrogen and oxygen atoms in total. The quantitative estimate of drug-likeness (QED) is 0.837. The first-order valence-electron chi connectivity index (χ1n) is 7.59. The summed E-state index contributed by atoms with van der Waals surface area (Å²) in [4.78, 5) is 28.0. The van der Waals surface area contributed by atoms with Gasteiger partial charge in [0.1, 0.15) is 0 Å². The van der Waals surface area contributed by atoms with Gasteiger partial charge in [0.15, 0.2) is 0 Å². The van der Waals surface area contributed by atoms with Crippen molar-refractivity contribution in [1.82, 2.24) is 9.80 Å². The zero-order valence-electron chi connectivity index (χ0n) is 13.4. The van der Waals surface area contributed by atoms with Crippen molar-refractivity contribution in [2.75, 3.05) is 45.2 Å². The molecule has 1 atom stereocenters. The molecule has 1 fully saturated rings. The number of anilines is 1. The van der Waals surface area contributed by atoms with Crippen molar-refractivity contribution < 1.29 is 14.3 Å². The van der Waals surface area contributed by atoms with Crippen LogP contribution in [0, 0.1) is 0 Å². The highest BCUT2D eigenvalue weighted by Gasteiger charge is 2.23. The number of carbonyl (C=O) groups is 2. The van der Waals surface area contributed by atoms with Crippen molar-refractivity contribution >= 4 is 33.4 Å². The van der Waals surface area contributed by atoms with Crippen molar-refractivity contribution in [3.05, 3.63) is 28.7 Å². The fourth-order valence-electron chi connectivity index (χ4n) is 2.24. The van der Waals surface area contributed by atoms with Crippen LogP contribution in [0.3, 0.4) is 0 Å². The average Bonchev–Trinajstić information content (AvgIpc) is 2.56. The molecule has 1 N–H and O–H groups in total. The lowest BCUT2D eigenvalue weighted by atomic mass is 10.2. The van der Waals surface area contributed by atoms with Gasteiger partial charge in [-0.05, 0) is 38.2 Å². The lowest BCUT2D eigenvalue weighted by Crippen LogP contribution is -2.48. The third-order valence-electron chi connectivity index (χ3n) is 3.90. The summed E-state index contributed by atoms with van der Waals surface area (Å²) in [7, 11) is 1.78. The van der Waals surface area contributed by atoms with Crippen molar-refractivity contribution in [3.63, 3.8) is 0 Å². The van der Waals surface area contributed by atoms with Crippen molar-refractivity contribution in [2.24, 2.45) is 0 Å². The molecule has 23 heavy (non-hydrogen) atoms. The Hall–Kier alpha value is -1.44. The van der Waals surface area contributed by atoms with E-state index in [1.54, 1.807) is 23.8 Å². The van der Waals surface area contributed by atoms with Crippen molar-refractivity contribution in [1.29, 1.82) is 0 Å². The Bertz CT molecular complexity index is 544. The van der Waals surface area contributed by atoms with Gasteiger partial charge >= 0.3 is 0 Å². The molecule has 1 heterocycles. The number of morpholine rings is 1. The molecule has 126 valence electrons. The minimum absolute atomic E-state index is 0.0269. The highest BCUT2D eigenvalue weighted by Crippen LogP contribution is 2.14. The van der Waals surface area contributed by atoms with Gasteiger partial charge in [0.25, 0.3) is 0 Å². The van der Waals surface area contributed by atoms with Gasteiger partial charge in [-0.1, -0.05) is 15.9 Å². The molecule has 1 aliphatic heterocycles. The maximum absolute atomic E-state index is 12.3. The normalized spacial score (nSPS) is 16.3. The van der Waals surface area contributed by atoms with Crippen LogP contribution in [0.4, 0.5) is 5.69 Å². The van der Waals surface area contributed by atoms with Gasteiger partial charge in [-0.25, -0.2) is 0 Å². The van der Waals surface area contributed by atoms with Crippen LogP contribution in [-0.4, -0.2) is 67.6 Å². The van der Waals surface area contributed by atoms with Gasteiger partial charge in [0.2, 0.25) is 11.8 Å². The van der Waals surface area contributed by atoms with E-state index < -0.39 is 6.04 Å². The number of likely N-dealkylation sites (N-methyl/N-ethyl adjacent to an activating group) is 1. The smallest absolute Gasteiger partial charge is 0.241 e. The molecule has 7 heteroatoms. The van der Waals surface area contributed by atoms with Crippen LogP contribution in [0.2, 0.25) is 0 Å². The number of carbonyl (C=O) groups excluding carboxylic acids is 2. The number of nitrogens with zero attached hydrogens (tertiary/aromatic N) is 2. The van der Waals surface area contributed by atoms with Gasteiger partial charge in [-0.3, -0.25) is 14.5 Å². The van der Waals surface area contributed by atoms with E-state index in [4.69, 9.17) is 4.74 Å². The average molecular weight is 384 g/mol. The Morgan fingerprint density at radius 3 is 2.52 bits per heavy atom. The zero-order chi connectivity index (χ0) is 16.8. The predicted octanol–water partition coefficient (Wildman–Crippen LogP) is 1.57. The molecule has 1 aromatic rings. The fourth-order valence-corrected chi connectivity index (χ4v) is 2.51. The second kappa shape index (κ2) is 8.42. The molecule has 0 aromatic heterocycles. The number of benzene rings is 1. The first-order valence-corrected chi connectivity index (χ1v) is 8.39. The Balaban J connectivity index is 1.85. The summed E-state index contributed by atoms with van der Waals surface area (Å²) in [6.45, 7) is 4.40. The molecule has 0 unspecified atom stereocenters. The van der Waals surface area contributed by atoms with Crippen LogP contribution in [0.1, 0.15) is 6.92 Å². The number of hydrogen-bond donors (Lipinski definition) is 1. The molecule has 1 aliphatic rings. The number of hydrogen-bond acceptors (Lipinski definition) is 4. The Kier molecular flexibility index (Phi) is 6.56. The van der Waals surface area contributed by atoms with Crippen LogP contribution < -0.4 is 5.32 Å². The minimum Gasteiger partial charge on any atom is -0.378 e. The van der Waals surface area contributed by atoms with Gasteiger partial charge < -0.3 is 15.0 Å². The molecular weight excluding hydrogens is 362 g/mol. The number of nitrogens with one attached hydrogen (secondary N) is 1.